The van der Waals surface area contributed by atoms with Gasteiger partial charge >= 0.3 is 0 Å². The zero-order valence-electron chi connectivity index (χ0n) is 12.9. The topological polar surface area (TPSA) is 70.6 Å². The van der Waals surface area contributed by atoms with E-state index in [1.165, 1.54) is 6.92 Å². The van der Waals surface area contributed by atoms with Crippen LogP contribution in [0.2, 0.25) is 0 Å². The smallest absolute Gasteiger partial charge is 0.262 e. The molecule has 2 N–H and O–H groups in total. The molecule has 1 unspecified atom stereocenters. The van der Waals surface area contributed by atoms with Crippen LogP contribution in [0.4, 0.5) is 0 Å². The average Bonchev–Trinajstić information content (AvgIpc) is 2.56. The molecular weight excluding hydrogens is 290 g/mol. The number of hydrogen-bond donors (Lipinski definition) is 2. The van der Waals surface area contributed by atoms with E-state index in [9.17, 15) is 9.59 Å². The van der Waals surface area contributed by atoms with Gasteiger partial charge in [0.25, 0.3) is 5.91 Å². The molecule has 0 fully saturated rings. The van der Waals surface area contributed by atoms with Gasteiger partial charge in [-0.2, -0.15) is 5.10 Å². The average molecular weight is 309 g/mol. The normalized spacial score (nSPS) is 11.9. The van der Waals surface area contributed by atoms with E-state index in [2.05, 4.69) is 15.8 Å². The molecule has 0 heterocycles. The van der Waals surface area contributed by atoms with Crippen LogP contribution in [0.15, 0.2) is 65.8 Å². The molecule has 5 heteroatoms. The number of hydrogen-bond acceptors (Lipinski definition) is 3. The van der Waals surface area contributed by atoms with Gasteiger partial charge in [0.2, 0.25) is 5.91 Å². The lowest BCUT2D eigenvalue weighted by atomic mass is 10.1. The first-order valence-corrected chi connectivity index (χ1v) is 7.34. The van der Waals surface area contributed by atoms with Crippen LogP contribution in [-0.2, 0) is 16.0 Å². The summed E-state index contributed by atoms with van der Waals surface area (Å²) >= 11 is 0. The molecule has 2 aromatic carbocycles. The molecule has 0 aliphatic heterocycles. The number of carbonyl (C=O) groups is 2. The number of benzene rings is 2. The van der Waals surface area contributed by atoms with Crippen molar-refractivity contribution in [2.45, 2.75) is 19.4 Å². The van der Waals surface area contributed by atoms with Crippen LogP contribution < -0.4 is 10.7 Å². The number of hydrazone groups is 1. The first-order valence-electron chi connectivity index (χ1n) is 7.34. The number of carbonyl (C=O) groups excluding carboxylic acids is 2. The van der Waals surface area contributed by atoms with Gasteiger partial charge in [-0.3, -0.25) is 9.59 Å². The predicted octanol–water partition coefficient (Wildman–Crippen LogP) is 1.88. The predicted molar refractivity (Wildman–Crippen MR) is 89.9 cm³/mol. The Hall–Kier alpha value is -2.95. The van der Waals surface area contributed by atoms with Gasteiger partial charge in [0.05, 0.1) is 6.21 Å². The zero-order chi connectivity index (χ0) is 16.5. The minimum absolute atomic E-state index is 0.256. The largest absolute Gasteiger partial charge is 0.344 e. The highest BCUT2D eigenvalue weighted by Crippen LogP contribution is 2.03. The van der Waals surface area contributed by atoms with E-state index >= 15 is 0 Å². The van der Waals surface area contributed by atoms with Crippen molar-refractivity contribution >= 4 is 18.0 Å². The summed E-state index contributed by atoms with van der Waals surface area (Å²) in [5.74, 6) is -0.607. The summed E-state index contributed by atoms with van der Waals surface area (Å²) in [6.07, 6.45) is 1.97. The molecule has 0 bridgehead atoms. The monoisotopic (exact) mass is 309 g/mol. The molecule has 0 saturated carbocycles. The molecule has 0 aliphatic carbocycles. The lowest BCUT2D eigenvalue weighted by Gasteiger charge is -2.16. The lowest BCUT2D eigenvalue weighted by Crippen LogP contribution is -2.46. The molecular formula is C18H19N3O2. The van der Waals surface area contributed by atoms with Crippen LogP contribution in [0.25, 0.3) is 0 Å². The molecule has 2 amide bonds. The summed E-state index contributed by atoms with van der Waals surface area (Å²) in [6, 6.07) is 18.3. The fraction of sp³-hybridized carbons (Fsp3) is 0.167. The third-order valence-corrected chi connectivity index (χ3v) is 3.16. The second-order valence-corrected chi connectivity index (χ2v) is 5.09. The summed E-state index contributed by atoms with van der Waals surface area (Å²) in [5, 5.41) is 6.59. The molecule has 0 aromatic heterocycles. The molecule has 0 aliphatic rings. The first kappa shape index (κ1) is 16.4. The number of nitrogens with one attached hydrogen (secondary N) is 2. The fourth-order valence-electron chi connectivity index (χ4n) is 2.09. The van der Waals surface area contributed by atoms with Crippen molar-refractivity contribution in [2.24, 2.45) is 5.10 Å². The third-order valence-electron chi connectivity index (χ3n) is 3.16. The van der Waals surface area contributed by atoms with Gasteiger partial charge < -0.3 is 5.32 Å². The Morgan fingerprint density at radius 3 is 2.26 bits per heavy atom. The summed E-state index contributed by atoms with van der Waals surface area (Å²) in [6.45, 7) is 1.39. The summed E-state index contributed by atoms with van der Waals surface area (Å²) in [4.78, 5) is 23.5. The molecule has 0 saturated heterocycles. The Labute approximate surface area is 135 Å². The molecule has 2 rings (SSSR count). The van der Waals surface area contributed by atoms with Crippen LogP contribution in [0.1, 0.15) is 18.1 Å². The van der Waals surface area contributed by atoms with Gasteiger partial charge in [-0.15, -0.1) is 0 Å². The third kappa shape index (κ3) is 5.74. The minimum atomic E-state index is -0.664. The van der Waals surface area contributed by atoms with E-state index < -0.39 is 6.04 Å². The van der Waals surface area contributed by atoms with Crippen LogP contribution >= 0.6 is 0 Å². The highest BCUT2D eigenvalue weighted by molar-refractivity contribution is 5.88. The van der Waals surface area contributed by atoms with Gasteiger partial charge in [0, 0.05) is 13.3 Å². The maximum atomic E-state index is 12.2. The quantitative estimate of drug-likeness (QED) is 0.632. The number of amides is 2. The Bertz CT molecular complexity index is 669. The summed E-state index contributed by atoms with van der Waals surface area (Å²) in [7, 11) is 0. The Morgan fingerprint density at radius 2 is 1.65 bits per heavy atom. The number of rotatable bonds is 6. The highest BCUT2D eigenvalue weighted by Gasteiger charge is 2.19. The van der Waals surface area contributed by atoms with E-state index in [1.54, 1.807) is 6.21 Å². The van der Waals surface area contributed by atoms with Crippen LogP contribution in [0.3, 0.4) is 0 Å². The molecule has 2 aromatic rings. The molecule has 0 spiro atoms. The van der Waals surface area contributed by atoms with Gasteiger partial charge in [0.15, 0.2) is 0 Å². The van der Waals surface area contributed by atoms with Gasteiger partial charge in [-0.05, 0) is 11.1 Å². The maximum Gasteiger partial charge on any atom is 0.262 e. The number of nitrogens with zero attached hydrogens (tertiary/aromatic N) is 1. The Kier molecular flexibility index (Phi) is 6.06. The lowest BCUT2D eigenvalue weighted by molar-refractivity contribution is -0.128. The standard InChI is InChI=1S/C18H19N3O2/c1-14(22)20-17(12-15-8-4-2-5-9-15)18(23)21-19-13-16-10-6-3-7-11-16/h2-11,13,17H,12H2,1H3,(H,20,22)(H,21,23). The van der Waals surface area contributed by atoms with Crippen molar-refractivity contribution in [3.05, 3.63) is 71.8 Å². The molecule has 0 radical (unpaired) electrons. The van der Waals surface area contributed by atoms with Crippen molar-refractivity contribution in [2.75, 3.05) is 0 Å². The van der Waals surface area contributed by atoms with Crippen molar-refractivity contribution in [1.29, 1.82) is 0 Å². The SMILES string of the molecule is CC(=O)NC(Cc1ccccc1)C(=O)NN=Cc1ccccc1. The van der Waals surface area contributed by atoms with E-state index in [0.717, 1.165) is 11.1 Å². The van der Waals surface area contributed by atoms with Gasteiger partial charge in [-0.25, -0.2) is 5.43 Å². The minimum Gasteiger partial charge on any atom is -0.344 e. The first-order chi connectivity index (χ1) is 11.1. The van der Waals surface area contributed by atoms with Crippen molar-refractivity contribution in [3.8, 4) is 0 Å². The van der Waals surface area contributed by atoms with Gasteiger partial charge in [-0.1, -0.05) is 60.7 Å². The van der Waals surface area contributed by atoms with E-state index in [4.69, 9.17) is 0 Å². The van der Waals surface area contributed by atoms with E-state index in [-0.39, 0.29) is 11.8 Å². The van der Waals surface area contributed by atoms with Crippen molar-refractivity contribution in [3.63, 3.8) is 0 Å². The second-order valence-electron chi connectivity index (χ2n) is 5.09. The summed E-state index contributed by atoms with van der Waals surface area (Å²) < 4.78 is 0. The fourth-order valence-corrected chi connectivity index (χ4v) is 2.09. The van der Waals surface area contributed by atoms with Crippen LogP contribution in [0.5, 0.6) is 0 Å². The molecule has 5 nitrogen and oxygen atoms in total. The van der Waals surface area contributed by atoms with Crippen LogP contribution in [-0.4, -0.2) is 24.1 Å². The van der Waals surface area contributed by atoms with Crippen molar-refractivity contribution < 1.29 is 9.59 Å². The Balaban J connectivity index is 1.99. The zero-order valence-corrected chi connectivity index (χ0v) is 12.9. The van der Waals surface area contributed by atoms with E-state index in [0.29, 0.717) is 6.42 Å². The van der Waals surface area contributed by atoms with E-state index in [1.807, 2.05) is 60.7 Å². The maximum absolute atomic E-state index is 12.2. The molecule has 1 atom stereocenters. The Morgan fingerprint density at radius 1 is 1.04 bits per heavy atom. The second kappa shape index (κ2) is 8.48. The summed E-state index contributed by atoms with van der Waals surface area (Å²) in [5.41, 5.74) is 4.32. The highest BCUT2D eigenvalue weighted by atomic mass is 16.2. The molecule has 23 heavy (non-hydrogen) atoms. The molecule has 118 valence electrons. The van der Waals surface area contributed by atoms with Crippen molar-refractivity contribution in [1.82, 2.24) is 10.7 Å². The van der Waals surface area contributed by atoms with Crippen LogP contribution in [0, 0.1) is 0 Å². The van der Waals surface area contributed by atoms with Gasteiger partial charge in [0.1, 0.15) is 6.04 Å².